The monoisotopic (exact) mass is 296 g/mol. The van der Waals surface area contributed by atoms with E-state index in [9.17, 15) is 8.42 Å². The van der Waals surface area contributed by atoms with E-state index >= 15 is 0 Å². The third kappa shape index (κ3) is 4.58. The lowest BCUT2D eigenvalue weighted by molar-refractivity contribution is 0.290. The molecule has 0 amide bonds. The highest BCUT2D eigenvalue weighted by Gasteiger charge is 2.14. The molecule has 0 unspecified atom stereocenters. The Morgan fingerprint density at radius 1 is 1.05 bits per heavy atom. The van der Waals surface area contributed by atoms with E-state index in [4.69, 9.17) is 0 Å². The molecule has 1 N–H and O–H groups in total. The number of nitrogens with zero attached hydrogens (tertiary/aromatic N) is 1. The zero-order valence-corrected chi connectivity index (χ0v) is 13.0. The summed E-state index contributed by atoms with van der Waals surface area (Å²) in [6.07, 6.45) is 5.05. The molecule has 0 radical (unpaired) electrons. The van der Waals surface area contributed by atoms with Gasteiger partial charge in [-0.15, -0.1) is 0 Å². The lowest BCUT2D eigenvalue weighted by Gasteiger charge is -2.19. The van der Waals surface area contributed by atoms with Crippen LogP contribution in [0.2, 0.25) is 0 Å². The molecule has 1 aliphatic rings. The summed E-state index contributed by atoms with van der Waals surface area (Å²) in [5.41, 5.74) is 1.06. The minimum Gasteiger partial charge on any atom is -0.302 e. The third-order valence-electron chi connectivity index (χ3n) is 3.75. The van der Waals surface area contributed by atoms with E-state index in [0.29, 0.717) is 11.4 Å². The number of aryl methyl sites for hydroxylation is 1. The fourth-order valence-electron chi connectivity index (χ4n) is 2.50. The molecule has 4 nitrogen and oxygen atoms in total. The number of sulfonamides is 1. The van der Waals surface area contributed by atoms with Crippen LogP contribution in [0.25, 0.3) is 0 Å². The van der Waals surface area contributed by atoms with Crippen LogP contribution in [0, 0.1) is 6.92 Å². The molecule has 2 rings (SSSR count). The van der Waals surface area contributed by atoms with Gasteiger partial charge in [0, 0.05) is 13.1 Å². The van der Waals surface area contributed by atoms with Gasteiger partial charge in [-0.1, -0.05) is 30.5 Å². The highest BCUT2D eigenvalue weighted by molar-refractivity contribution is 7.89. The first-order valence-electron chi connectivity index (χ1n) is 7.37. The third-order valence-corrected chi connectivity index (χ3v) is 5.23. The van der Waals surface area contributed by atoms with E-state index in [1.165, 1.54) is 25.7 Å². The van der Waals surface area contributed by atoms with Crippen molar-refractivity contribution in [3.8, 4) is 0 Å². The molecule has 1 fully saturated rings. The van der Waals surface area contributed by atoms with E-state index in [1.807, 2.05) is 19.1 Å². The van der Waals surface area contributed by atoms with E-state index in [-0.39, 0.29) is 0 Å². The highest BCUT2D eigenvalue weighted by Crippen LogP contribution is 2.11. The molecule has 5 heteroatoms. The fourth-order valence-corrected chi connectivity index (χ4v) is 3.52. The summed E-state index contributed by atoms with van der Waals surface area (Å²) in [6, 6.07) is 6.96. The van der Waals surface area contributed by atoms with Gasteiger partial charge in [-0.25, -0.2) is 13.1 Å². The van der Waals surface area contributed by atoms with Gasteiger partial charge < -0.3 is 4.90 Å². The second-order valence-corrected chi connectivity index (χ2v) is 7.23. The minimum atomic E-state index is -3.36. The van der Waals surface area contributed by atoms with Crippen LogP contribution >= 0.6 is 0 Å². The van der Waals surface area contributed by atoms with Crippen LogP contribution in [0.5, 0.6) is 0 Å². The summed E-state index contributed by atoms with van der Waals surface area (Å²) in [5, 5.41) is 0. The summed E-state index contributed by atoms with van der Waals surface area (Å²) in [5.74, 6) is 0. The molecule has 1 aromatic rings. The first kappa shape index (κ1) is 15.5. The van der Waals surface area contributed by atoms with Crippen molar-refractivity contribution in [3.63, 3.8) is 0 Å². The number of rotatable bonds is 5. The predicted octanol–water partition coefficient (Wildman–Crippen LogP) is 2.15. The van der Waals surface area contributed by atoms with E-state index in [2.05, 4.69) is 9.62 Å². The van der Waals surface area contributed by atoms with E-state index in [1.54, 1.807) is 12.1 Å². The van der Waals surface area contributed by atoms with Gasteiger partial charge in [-0.3, -0.25) is 0 Å². The molecule has 0 atom stereocenters. The average Bonchev–Trinajstić information content (AvgIpc) is 2.68. The molecule has 0 aromatic heterocycles. The molecule has 0 bridgehead atoms. The Kier molecular flexibility index (Phi) is 5.57. The second kappa shape index (κ2) is 7.20. The number of hydrogen-bond donors (Lipinski definition) is 1. The molecule has 20 heavy (non-hydrogen) atoms. The molecule has 112 valence electrons. The van der Waals surface area contributed by atoms with Crippen molar-refractivity contribution < 1.29 is 8.42 Å². The molecule has 1 aromatic carbocycles. The van der Waals surface area contributed by atoms with Crippen molar-refractivity contribution in [1.29, 1.82) is 0 Å². The van der Waals surface area contributed by atoms with Crippen molar-refractivity contribution >= 4 is 10.0 Å². The number of benzene rings is 1. The zero-order valence-electron chi connectivity index (χ0n) is 12.1. The predicted molar refractivity (Wildman–Crippen MR) is 81.3 cm³/mol. The molecule has 1 aliphatic heterocycles. The minimum absolute atomic E-state index is 0.346. The maximum Gasteiger partial charge on any atom is 0.240 e. The molecule has 0 spiro atoms. The summed E-state index contributed by atoms with van der Waals surface area (Å²) in [7, 11) is -3.36. The second-order valence-electron chi connectivity index (χ2n) is 5.47. The lowest BCUT2D eigenvalue weighted by atomic mass is 10.2. The molecular formula is C15H24N2O2S. The van der Waals surface area contributed by atoms with Gasteiger partial charge in [0.2, 0.25) is 10.0 Å². The van der Waals surface area contributed by atoms with Crippen LogP contribution in [-0.2, 0) is 10.0 Å². The van der Waals surface area contributed by atoms with Crippen molar-refractivity contribution in [3.05, 3.63) is 29.8 Å². The van der Waals surface area contributed by atoms with Crippen LogP contribution < -0.4 is 4.72 Å². The van der Waals surface area contributed by atoms with Crippen LogP contribution in [0.15, 0.2) is 29.2 Å². The Labute approximate surface area is 122 Å². The molecule has 0 aliphatic carbocycles. The van der Waals surface area contributed by atoms with E-state index in [0.717, 1.165) is 25.2 Å². The van der Waals surface area contributed by atoms with Gasteiger partial charge in [0.1, 0.15) is 0 Å². The largest absolute Gasteiger partial charge is 0.302 e. The number of likely N-dealkylation sites (tertiary alicyclic amines) is 1. The Morgan fingerprint density at radius 2 is 1.65 bits per heavy atom. The Hall–Kier alpha value is -0.910. The molecule has 1 heterocycles. The van der Waals surface area contributed by atoms with Crippen LogP contribution in [-0.4, -0.2) is 39.5 Å². The Balaban J connectivity index is 1.84. The summed E-state index contributed by atoms with van der Waals surface area (Å²) < 4.78 is 26.9. The molecular weight excluding hydrogens is 272 g/mol. The van der Waals surface area contributed by atoms with Crippen molar-refractivity contribution in [2.24, 2.45) is 0 Å². The molecule has 1 saturated heterocycles. The summed E-state index contributed by atoms with van der Waals surface area (Å²) in [6.45, 7) is 5.41. The van der Waals surface area contributed by atoms with Crippen molar-refractivity contribution in [2.75, 3.05) is 26.2 Å². The summed E-state index contributed by atoms with van der Waals surface area (Å²) in [4.78, 5) is 2.70. The van der Waals surface area contributed by atoms with Crippen molar-refractivity contribution in [1.82, 2.24) is 9.62 Å². The average molecular weight is 296 g/mol. The first-order valence-corrected chi connectivity index (χ1v) is 8.85. The lowest BCUT2D eigenvalue weighted by Crippen LogP contribution is -2.35. The van der Waals surface area contributed by atoms with Crippen molar-refractivity contribution in [2.45, 2.75) is 37.5 Å². The van der Waals surface area contributed by atoms with Gasteiger partial charge in [0.15, 0.2) is 0 Å². The topological polar surface area (TPSA) is 49.4 Å². The standard InChI is InChI=1S/C15H24N2O2S/c1-14-6-8-15(9-7-14)20(18,19)16-10-13-17-11-4-2-3-5-12-17/h6-9,16H,2-5,10-13H2,1H3. The number of nitrogens with one attached hydrogen (secondary N) is 1. The Morgan fingerprint density at radius 3 is 2.25 bits per heavy atom. The molecule has 0 saturated carbocycles. The quantitative estimate of drug-likeness (QED) is 0.906. The van der Waals surface area contributed by atoms with Crippen LogP contribution in [0.1, 0.15) is 31.2 Å². The van der Waals surface area contributed by atoms with Gasteiger partial charge in [-0.2, -0.15) is 0 Å². The normalized spacial score (nSPS) is 17.9. The maximum absolute atomic E-state index is 12.1. The smallest absolute Gasteiger partial charge is 0.240 e. The maximum atomic E-state index is 12.1. The Bertz CT molecular complexity index is 503. The zero-order chi connectivity index (χ0) is 14.4. The van der Waals surface area contributed by atoms with Crippen LogP contribution in [0.4, 0.5) is 0 Å². The summed E-state index contributed by atoms with van der Waals surface area (Å²) >= 11 is 0. The van der Waals surface area contributed by atoms with Gasteiger partial charge in [0.25, 0.3) is 0 Å². The van der Waals surface area contributed by atoms with Gasteiger partial charge in [-0.05, 0) is 45.0 Å². The van der Waals surface area contributed by atoms with Gasteiger partial charge in [0.05, 0.1) is 4.90 Å². The number of hydrogen-bond acceptors (Lipinski definition) is 3. The van der Waals surface area contributed by atoms with Crippen LogP contribution in [0.3, 0.4) is 0 Å². The van der Waals surface area contributed by atoms with Gasteiger partial charge >= 0.3 is 0 Å². The van der Waals surface area contributed by atoms with E-state index < -0.39 is 10.0 Å². The fraction of sp³-hybridized carbons (Fsp3) is 0.600. The SMILES string of the molecule is Cc1ccc(S(=O)(=O)NCCN2CCCCCC2)cc1. The first-order chi connectivity index (χ1) is 9.58. The highest BCUT2D eigenvalue weighted by atomic mass is 32.2.